The van der Waals surface area contributed by atoms with Crippen LogP contribution in [-0.4, -0.2) is 56.0 Å². The molecule has 2 aromatic carbocycles. The number of aromatic nitrogens is 2. The molecule has 0 spiro atoms. The largest absolute Gasteiger partial charge is 0.573 e. The van der Waals surface area contributed by atoms with Gasteiger partial charge in [-0.15, -0.1) is 18.3 Å². The SMILES string of the molecule is COc1ccc(F)c(-c2cc(C)cc(OC(F)(F)F)c2)c1.NS(=O)(=O)N1CCC2=C(C=CCN2c2cccnn2)C1. The number of nitrogens with two attached hydrogens (primary N) is 1. The summed E-state index contributed by atoms with van der Waals surface area (Å²) in [4.78, 5) is 2.06. The lowest BCUT2D eigenvalue weighted by atomic mass is 10.0. The van der Waals surface area contributed by atoms with Crippen LogP contribution < -0.4 is 19.5 Å². The van der Waals surface area contributed by atoms with Gasteiger partial charge in [-0.1, -0.05) is 18.2 Å². The van der Waals surface area contributed by atoms with Crippen molar-refractivity contribution in [2.24, 2.45) is 5.14 Å². The number of benzene rings is 2. The van der Waals surface area contributed by atoms with Crippen molar-refractivity contribution in [2.75, 3.05) is 31.6 Å². The number of alkyl halides is 3. The molecule has 3 aromatic rings. The van der Waals surface area contributed by atoms with Crippen LogP contribution in [0.3, 0.4) is 0 Å². The Labute approximate surface area is 234 Å². The van der Waals surface area contributed by atoms with E-state index in [9.17, 15) is 26.0 Å². The maximum atomic E-state index is 13.9. The Hall–Kier alpha value is -4.01. The number of methoxy groups -OCH3 is 1. The van der Waals surface area contributed by atoms with Gasteiger partial charge in [-0.3, -0.25) is 0 Å². The fourth-order valence-corrected chi connectivity index (χ4v) is 5.12. The van der Waals surface area contributed by atoms with Gasteiger partial charge in [0.1, 0.15) is 17.3 Å². The van der Waals surface area contributed by atoms with E-state index >= 15 is 0 Å². The summed E-state index contributed by atoms with van der Waals surface area (Å²) in [6.07, 6.45) is 1.40. The molecule has 0 atom stereocenters. The average molecular weight is 594 g/mol. The van der Waals surface area contributed by atoms with Crippen LogP contribution >= 0.6 is 0 Å². The molecular formula is C27H27F4N5O4S. The van der Waals surface area contributed by atoms with Crippen LogP contribution in [0, 0.1) is 12.7 Å². The summed E-state index contributed by atoms with van der Waals surface area (Å²) in [5, 5.41) is 13.2. The zero-order valence-electron chi connectivity index (χ0n) is 22.1. The van der Waals surface area contributed by atoms with E-state index in [2.05, 4.69) is 19.8 Å². The smallest absolute Gasteiger partial charge is 0.497 e. The highest BCUT2D eigenvalue weighted by molar-refractivity contribution is 7.86. The predicted molar refractivity (Wildman–Crippen MR) is 145 cm³/mol. The zero-order chi connectivity index (χ0) is 29.8. The Bertz CT molecular complexity index is 1560. The van der Waals surface area contributed by atoms with Gasteiger partial charge in [-0.2, -0.15) is 17.8 Å². The van der Waals surface area contributed by atoms with E-state index < -0.39 is 22.4 Å². The van der Waals surface area contributed by atoms with Crippen LogP contribution in [-0.2, 0) is 10.2 Å². The third-order valence-electron chi connectivity index (χ3n) is 6.21. The average Bonchev–Trinajstić information content (AvgIpc) is 2.92. The van der Waals surface area contributed by atoms with Gasteiger partial charge in [0.25, 0.3) is 10.2 Å². The van der Waals surface area contributed by atoms with E-state index in [1.54, 1.807) is 19.2 Å². The highest BCUT2D eigenvalue weighted by atomic mass is 32.2. The van der Waals surface area contributed by atoms with Crippen molar-refractivity contribution in [3.8, 4) is 22.6 Å². The molecule has 2 aliphatic heterocycles. The van der Waals surface area contributed by atoms with Crippen molar-refractivity contribution in [1.82, 2.24) is 14.5 Å². The Morgan fingerprint density at radius 2 is 1.85 bits per heavy atom. The van der Waals surface area contributed by atoms with Crippen LogP contribution in [0.1, 0.15) is 12.0 Å². The summed E-state index contributed by atoms with van der Waals surface area (Å²) in [6.45, 7) is 3.02. The van der Waals surface area contributed by atoms with Crippen molar-refractivity contribution >= 4 is 16.0 Å². The third kappa shape index (κ3) is 7.80. The number of rotatable bonds is 5. The molecule has 0 fully saturated rings. The number of halogens is 4. The van der Waals surface area contributed by atoms with Gasteiger partial charge in [-0.25, -0.2) is 9.53 Å². The summed E-state index contributed by atoms with van der Waals surface area (Å²) in [5.41, 5.74) is 3.00. The molecule has 2 N–H and O–H groups in total. The van der Waals surface area contributed by atoms with E-state index in [1.807, 2.05) is 24.3 Å². The minimum atomic E-state index is -4.79. The number of nitrogens with zero attached hydrogens (tertiary/aromatic N) is 4. The van der Waals surface area contributed by atoms with Gasteiger partial charge < -0.3 is 14.4 Å². The maximum absolute atomic E-state index is 13.9. The number of anilines is 1. The molecule has 41 heavy (non-hydrogen) atoms. The first-order valence-corrected chi connectivity index (χ1v) is 13.8. The highest BCUT2D eigenvalue weighted by Gasteiger charge is 2.31. The minimum Gasteiger partial charge on any atom is -0.497 e. The Morgan fingerprint density at radius 3 is 2.51 bits per heavy atom. The molecule has 14 heteroatoms. The number of aryl methyl sites for hydroxylation is 1. The van der Waals surface area contributed by atoms with E-state index in [-0.39, 0.29) is 16.9 Å². The van der Waals surface area contributed by atoms with Crippen LogP contribution in [0.2, 0.25) is 0 Å². The van der Waals surface area contributed by atoms with Crippen LogP contribution in [0.4, 0.5) is 23.4 Å². The topological polar surface area (TPSA) is 111 Å². The molecule has 0 saturated carbocycles. The molecule has 218 valence electrons. The number of hydrogen-bond donors (Lipinski definition) is 1. The number of ether oxygens (including phenoxy) is 2. The first kappa shape index (κ1) is 30.0. The summed E-state index contributed by atoms with van der Waals surface area (Å²) >= 11 is 0. The number of hydrogen-bond acceptors (Lipinski definition) is 7. The van der Waals surface area contributed by atoms with Gasteiger partial charge in [0.2, 0.25) is 0 Å². The van der Waals surface area contributed by atoms with Gasteiger partial charge in [-0.05, 0) is 66.1 Å². The van der Waals surface area contributed by atoms with Gasteiger partial charge >= 0.3 is 6.36 Å². The van der Waals surface area contributed by atoms with E-state index in [0.717, 1.165) is 23.2 Å². The second-order valence-corrected chi connectivity index (χ2v) is 10.7. The molecule has 0 bridgehead atoms. The van der Waals surface area contributed by atoms with E-state index in [1.165, 1.54) is 35.7 Å². The van der Waals surface area contributed by atoms with Crippen LogP contribution in [0.25, 0.3) is 11.1 Å². The fraction of sp³-hybridized carbons (Fsp3) is 0.259. The monoisotopic (exact) mass is 593 g/mol. The van der Waals surface area contributed by atoms with Gasteiger partial charge in [0.05, 0.1) is 7.11 Å². The minimum absolute atomic E-state index is 0.144. The normalized spacial score (nSPS) is 15.6. The molecule has 9 nitrogen and oxygen atoms in total. The summed E-state index contributed by atoms with van der Waals surface area (Å²) in [6, 6.07) is 11.7. The highest BCUT2D eigenvalue weighted by Crippen LogP contribution is 2.33. The molecule has 0 saturated heterocycles. The quantitative estimate of drug-likeness (QED) is 0.426. The molecule has 0 unspecified atom stereocenters. The summed E-state index contributed by atoms with van der Waals surface area (Å²) in [5.74, 6) is 0.235. The Kier molecular flexibility index (Phi) is 8.95. The molecule has 0 radical (unpaired) electrons. The van der Waals surface area contributed by atoms with Gasteiger partial charge in [0.15, 0.2) is 5.82 Å². The van der Waals surface area contributed by atoms with Crippen molar-refractivity contribution in [3.05, 3.63) is 89.5 Å². The Morgan fingerprint density at radius 1 is 1.07 bits per heavy atom. The molecule has 3 heterocycles. The Balaban J connectivity index is 0.000000189. The lowest BCUT2D eigenvalue weighted by molar-refractivity contribution is -0.274. The molecule has 1 aromatic heterocycles. The maximum Gasteiger partial charge on any atom is 0.573 e. The summed E-state index contributed by atoms with van der Waals surface area (Å²) < 4.78 is 83.8. The fourth-order valence-electron chi connectivity index (χ4n) is 4.45. The van der Waals surface area contributed by atoms with Crippen molar-refractivity contribution in [3.63, 3.8) is 0 Å². The molecule has 0 amide bonds. The summed E-state index contributed by atoms with van der Waals surface area (Å²) in [7, 11) is -2.22. The van der Waals surface area contributed by atoms with Crippen molar-refractivity contribution in [2.45, 2.75) is 19.7 Å². The first-order chi connectivity index (χ1) is 19.3. The van der Waals surface area contributed by atoms with E-state index in [0.29, 0.717) is 37.4 Å². The second kappa shape index (κ2) is 12.2. The molecule has 2 aliphatic rings. The predicted octanol–water partition coefficient (Wildman–Crippen LogP) is 4.72. The zero-order valence-corrected chi connectivity index (χ0v) is 22.9. The second-order valence-electron chi connectivity index (χ2n) is 9.12. The lowest BCUT2D eigenvalue weighted by Gasteiger charge is -2.35. The molecule has 5 rings (SSSR count). The van der Waals surface area contributed by atoms with Crippen LogP contribution in [0.15, 0.2) is 78.1 Å². The molecule has 0 aliphatic carbocycles. The lowest BCUT2D eigenvalue weighted by Crippen LogP contribution is -2.44. The standard InChI is InChI=1S/C15H12F4O2.C12H15N5O2S/c1-9-5-10(7-12(6-9)21-15(17,18)19)13-8-11(20-2)3-4-14(13)16;13-20(18,19)16-8-5-11-10(9-16)3-2-7-17(11)12-4-1-6-14-15-12/h3-8H,1-2H3;1-4,6H,5,7-9H2,(H2,13,18,19). The van der Waals surface area contributed by atoms with Crippen molar-refractivity contribution < 1.29 is 35.5 Å². The first-order valence-electron chi connectivity index (χ1n) is 12.3. The molecular weight excluding hydrogens is 566 g/mol. The van der Waals surface area contributed by atoms with Gasteiger partial charge in [0, 0.05) is 43.5 Å². The van der Waals surface area contributed by atoms with Crippen LogP contribution in [0.5, 0.6) is 11.5 Å². The van der Waals surface area contributed by atoms with E-state index in [4.69, 9.17) is 9.88 Å². The van der Waals surface area contributed by atoms with Crippen molar-refractivity contribution in [1.29, 1.82) is 0 Å². The third-order valence-corrected chi connectivity index (χ3v) is 7.24.